The van der Waals surface area contributed by atoms with E-state index in [9.17, 15) is 5.11 Å². The highest BCUT2D eigenvalue weighted by molar-refractivity contribution is 14.0. The van der Waals surface area contributed by atoms with Crippen LogP contribution in [0.4, 0.5) is 0 Å². The average molecular weight is 356 g/mol. The summed E-state index contributed by atoms with van der Waals surface area (Å²) >= 11 is 5.95. The van der Waals surface area contributed by atoms with Crippen molar-refractivity contribution in [2.45, 2.75) is 12.5 Å². The first kappa shape index (κ1) is 15.5. The largest absolute Gasteiger partial charge is 0.383 e. The molecule has 0 radical (unpaired) electrons. The summed E-state index contributed by atoms with van der Waals surface area (Å²) in [5.41, 5.74) is 9.84. The molecule has 90 valence electrons. The topological polar surface area (TPSA) is 84.6 Å². The molecule has 5 N–H and O–H groups in total. The Bertz CT molecular complexity index is 378. The van der Waals surface area contributed by atoms with Gasteiger partial charge in [0.25, 0.3) is 0 Å². The van der Waals surface area contributed by atoms with Crippen LogP contribution in [0.25, 0.3) is 0 Å². The van der Waals surface area contributed by atoms with Gasteiger partial charge in [0, 0.05) is 10.6 Å². The lowest BCUT2D eigenvalue weighted by atomic mass is 9.96. The van der Waals surface area contributed by atoms with Crippen molar-refractivity contribution in [2.75, 3.05) is 6.54 Å². The highest BCUT2D eigenvalue weighted by Gasteiger charge is 2.24. The van der Waals surface area contributed by atoms with Crippen LogP contribution >= 0.6 is 35.6 Å². The Balaban J connectivity index is 0.00000225. The lowest BCUT2D eigenvalue weighted by molar-refractivity contribution is 0.0675. The fraction of sp³-hybridized carbons (Fsp3) is 0.300. The summed E-state index contributed by atoms with van der Waals surface area (Å²) in [6.45, 7) is 1.69. The fourth-order valence-electron chi connectivity index (χ4n) is 1.23. The standard InChI is InChI=1S/C10H14ClN3O.HI/c1-10(15,6-14-9(12)13)7-4-2-3-5-8(7)11;/h2-5,15H,6H2,1H3,(H4,12,13,14);1H. The Morgan fingerprint density at radius 2 is 2.00 bits per heavy atom. The summed E-state index contributed by atoms with van der Waals surface area (Å²) < 4.78 is 0. The minimum atomic E-state index is -1.16. The SMILES string of the molecule is CC(O)(CN=C(N)N)c1ccccc1Cl.I. The van der Waals surface area contributed by atoms with E-state index in [1.54, 1.807) is 31.2 Å². The van der Waals surface area contributed by atoms with E-state index in [0.29, 0.717) is 10.6 Å². The van der Waals surface area contributed by atoms with Gasteiger partial charge in [-0.05, 0) is 13.0 Å². The number of nitrogens with zero attached hydrogens (tertiary/aromatic N) is 1. The molecule has 1 aromatic rings. The van der Waals surface area contributed by atoms with Gasteiger partial charge >= 0.3 is 0 Å². The monoisotopic (exact) mass is 355 g/mol. The summed E-state index contributed by atoms with van der Waals surface area (Å²) in [6.07, 6.45) is 0. The third-order valence-electron chi connectivity index (χ3n) is 2.02. The molecule has 0 saturated carbocycles. The molecule has 1 aromatic carbocycles. The zero-order chi connectivity index (χ0) is 11.5. The highest BCUT2D eigenvalue weighted by Crippen LogP contribution is 2.27. The van der Waals surface area contributed by atoms with E-state index in [4.69, 9.17) is 23.1 Å². The maximum absolute atomic E-state index is 10.1. The molecular formula is C10H15ClIN3O. The molecule has 0 aliphatic carbocycles. The molecule has 1 unspecified atom stereocenters. The predicted molar refractivity (Wildman–Crippen MR) is 77.1 cm³/mol. The van der Waals surface area contributed by atoms with Crippen molar-refractivity contribution in [2.24, 2.45) is 16.5 Å². The lowest BCUT2D eigenvalue weighted by Gasteiger charge is -2.22. The van der Waals surface area contributed by atoms with Crippen LogP contribution in [0, 0.1) is 0 Å². The van der Waals surface area contributed by atoms with Gasteiger partial charge in [-0.2, -0.15) is 0 Å². The summed E-state index contributed by atoms with van der Waals surface area (Å²) in [4.78, 5) is 3.78. The molecule has 0 bridgehead atoms. The second kappa shape index (κ2) is 6.27. The van der Waals surface area contributed by atoms with E-state index in [0.717, 1.165) is 0 Å². The summed E-state index contributed by atoms with van der Waals surface area (Å²) in [7, 11) is 0. The van der Waals surface area contributed by atoms with Crippen molar-refractivity contribution in [3.05, 3.63) is 34.9 Å². The molecule has 16 heavy (non-hydrogen) atoms. The Labute approximate surface area is 117 Å². The lowest BCUT2D eigenvalue weighted by Crippen LogP contribution is -2.30. The molecule has 0 aliphatic rings. The van der Waals surface area contributed by atoms with Crippen LogP contribution in [0.5, 0.6) is 0 Å². The third kappa shape index (κ3) is 4.15. The van der Waals surface area contributed by atoms with Gasteiger partial charge in [-0.15, -0.1) is 24.0 Å². The van der Waals surface area contributed by atoms with Crippen molar-refractivity contribution in [3.63, 3.8) is 0 Å². The van der Waals surface area contributed by atoms with Crippen molar-refractivity contribution >= 4 is 41.5 Å². The first-order chi connectivity index (χ1) is 6.93. The van der Waals surface area contributed by atoms with Crippen LogP contribution in [-0.4, -0.2) is 17.6 Å². The molecule has 0 fully saturated rings. The van der Waals surface area contributed by atoms with Crippen molar-refractivity contribution in [1.82, 2.24) is 0 Å². The second-order valence-electron chi connectivity index (χ2n) is 3.49. The first-order valence-corrected chi connectivity index (χ1v) is 4.84. The Hall–Kier alpha value is -0.530. The number of benzene rings is 1. The van der Waals surface area contributed by atoms with Gasteiger partial charge in [0.05, 0.1) is 6.54 Å². The Kier molecular flexibility index (Phi) is 6.06. The van der Waals surface area contributed by atoms with Crippen molar-refractivity contribution in [1.29, 1.82) is 0 Å². The predicted octanol–water partition coefficient (Wildman–Crippen LogP) is 1.44. The molecule has 0 spiro atoms. The quantitative estimate of drug-likeness (QED) is 0.436. The fourth-order valence-corrected chi connectivity index (χ4v) is 1.57. The van der Waals surface area contributed by atoms with Crippen LogP contribution in [0.15, 0.2) is 29.3 Å². The third-order valence-corrected chi connectivity index (χ3v) is 2.35. The summed E-state index contributed by atoms with van der Waals surface area (Å²) in [5.74, 6) is -0.0534. The van der Waals surface area contributed by atoms with E-state index >= 15 is 0 Å². The molecule has 0 heterocycles. The van der Waals surface area contributed by atoms with Gasteiger partial charge in [-0.1, -0.05) is 29.8 Å². The molecular weight excluding hydrogens is 340 g/mol. The number of aliphatic imine (C=N–C) groups is 1. The van der Waals surface area contributed by atoms with Crippen LogP contribution in [0.2, 0.25) is 5.02 Å². The van der Waals surface area contributed by atoms with Crippen molar-refractivity contribution in [3.8, 4) is 0 Å². The van der Waals surface area contributed by atoms with E-state index in [1.807, 2.05) is 0 Å². The van der Waals surface area contributed by atoms with Gasteiger partial charge in [-0.25, -0.2) is 0 Å². The normalized spacial score (nSPS) is 13.4. The number of aliphatic hydroxyl groups is 1. The van der Waals surface area contributed by atoms with E-state index in [2.05, 4.69) is 4.99 Å². The second-order valence-corrected chi connectivity index (χ2v) is 3.90. The zero-order valence-electron chi connectivity index (χ0n) is 8.85. The number of hydrogen-bond donors (Lipinski definition) is 3. The van der Waals surface area contributed by atoms with Crippen LogP contribution in [-0.2, 0) is 5.60 Å². The minimum absolute atomic E-state index is 0. The number of rotatable bonds is 3. The highest BCUT2D eigenvalue weighted by atomic mass is 127. The Morgan fingerprint density at radius 3 is 2.50 bits per heavy atom. The first-order valence-electron chi connectivity index (χ1n) is 4.46. The molecule has 0 aliphatic heterocycles. The zero-order valence-corrected chi connectivity index (χ0v) is 11.9. The number of halogens is 2. The van der Waals surface area contributed by atoms with Crippen LogP contribution < -0.4 is 11.5 Å². The summed E-state index contributed by atoms with van der Waals surface area (Å²) in [5, 5.41) is 10.6. The number of hydrogen-bond acceptors (Lipinski definition) is 2. The molecule has 1 rings (SSSR count). The van der Waals surface area contributed by atoms with Crippen LogP contribution in [0.3, 0.4) is 0 Å². The van der Waals surface area contributed by atoms with Crippen LogP contribution in [0.1, 0.15) is 12.5 Å². The van der Waals surface area contributed by atoms with Gasteiger partial charge in [0.1, 0.15) is 5.60 Å². The van der Waals surface area contributed by atoms with Gasteiger partial charge in [-0.3, -0.25) is 4.99 Å². The van der Waals surface area contributed by atoms with Gasteiger partial charge in [0.15, 0.2) is 5.96 Å². The average Bonchev–Trinajstić information content (AvgIpc) is 2.15. The van der Waals surface area contributed by atoms with Gasteiger partial charge in [0.2, 0.25) is 0 Å². The van der Waals surface area contributed by atoms with E-state index in [-0.39, 0.29) is 36.5 Å². The summed E-state index contributed by atoms with van der Waals surface area (Å²) in [6, 6.07) is 7.04. The molecule has 4 nitrogen and oxygen atoms in total. The Morgan fingerprint density at radius 1 is 1.44 bits per heavy atom. The van der Waals surface area contributed by atoms with Gasteiger partial charge < -0.3 is 16.6 Å². The molecule has 0 saturated heterocycles. The number of guanidine groups is 1. The van der Waals surface area contributed by atoms with E-state index < -0.39 is 5.60 Å². The molecule has 6 heteroatoms. The number of nitrogens with two attached hydrogens (primary N) is 2. The molecule has 0 aromatic heterocycles. The maximum atomic E-state index is 10.1. The van der Waals surface area contributed by atoms with E-state index in [1.165, 1.54) is 0 Å². The molecule has 1 atom stereocenters. The maximum Gasteiger partial charge on any atom is 0.186 e. The van der Waals surface area contributed by atoms with Crippen molar-refractivity contribution < 1.29 is 5.11 Å². The minimum Gasteiger partial charge on any atom is -0.383 e. The molecule has 0 amide bonds. The smallest absolute Gasteiger partial charge is 0.186 e.